The van der Waals surface area contributed by atoms with Crippen LogP contribution in [0.4, 0.5) is 5.69 Å². The highest BCUT2D eigenvalue weighted by Gasteiger charge is 2.15. The van der Waals surface area contributed by atoms with Gasteiger partial charge in [-0.15, -0.1) is 0 Å². The van der Waals surface area contributed by atoms with Gasteiger partial charge in [-0.05, 0) is 42.4 Å². The Morgan fingerprint density at radius 3 is 2.43 bits per heavy atom. The van der Waals surface area contributed by atoms with Gasteiger partial charge in [0.1, 0.15) is 12.4 Å². The second-order valence-corrected chi connectivity index (χ2v) is 6.89. The molecule has 3 nitrogen and oxygen atoms in total. The van der Waals surface area contributed by atoms with E-state index in [0.717, 1.165) is 22.6 Å². The largest absolute Gasteiger partial charge is 0.489 e. The topological polar surface area (TPSA) is 33.3 Å². The standard InChI is InChI=1S/C24H24N2OS/c1-3-16-27-22-11-7-10-21(17-22)25-24(28)26-23(19-8-5-4-6-9-19)20-14-12-18(2)13-15-20/h3-15,17,23H,1,16H2,2H3,(H2,25,26,28)/t23-/m0/s1. The number of rotatable bonds is 7. The highest BCUT2D eigenvalue weighted by atomic mass is 32.1. The van der Waals surface area contributed by atoms with Crippen molar-refractivity contribution >= 4 is 23.0 Å². The Labute approximate surface area is 172 Å². The number of anilines is 1. The van der Waals surface area contributed by atoms with Crippen LogP contribution in [0.5, 0.6) is 5.75 Å². The van der Waals surface area contributed by atoms with Gasteiger partial charge in [0.15, 0.2) is 5.11 Å². The first-order valence-electron chi connectivity index (χ1n) is 9.18. The molecule has 0 aliphatic heterocycles. The van der Waals surface area contributed by atoms with Crippen molar-refractivity contribution in [2.75, 3.05) is 11.9 Å². The van der Waals surface area contributed by atoms with Gasteiger partial charge in [0.2, 0.25) is 0 Å². The fourth-order valence-corrected chi connectivity index (χ4v) is 3.12. The molecule has 4 heteroatoms. The van der Waals surface area contributed by atoms with E-state index in [-0.39, 0.29) is 6.04 Å². The third kappa shape index (κ3) is 5.44. The van der Waals surface area contributed by atoms with Crippen molar-refractivity contribution in [1.29, 1.82) is 0 Å². The molecule has 0 radical (unpaired) electrons. The lowest BCUT2D eigenvalue weighted by Crippen LogP contribution is -2.33. The number of nitrogens with one attached hydrogen (secondary N) is 2. The highest BCUT2D eigenvalue weighted by Crippen LogP contribution is 2.23. The number of hydrogen-bond donors (Lipinski definition) is 2. The molecule has 0 saturated heterocycles. The maximum absolute atomic E-state index is 5.59. The molecule has 0 aromatic heterocycles. The number of thiocarbonyl (C=S) groups is 1. The van der Waals surface area contributed by atoms with Crippen LogP contribution < -0.4 is 15.4 Å². The molecule has 1 atom stereocenters. The molecule has 3 aromatic carbocycles. The van der Waals surface area contributed by atoms with Crippen molar-refractivity contribution < 1.29 is 4.74 Å². The van der Waals surface area contributed by atoms with Crippen LogP contribution in [0.15, 0.2) is 91.5 Å². The second-order valence-electron chi connectivity index (χ2n) is 6.48. The molecular weight excluding hydrogens is 364 g/mol. The average Bonchev–Trinajstić information content (AvgIpc) is 2.72. The molecule has 0 unspecified atom stereocenters. The van der Waals surface area contributed by atoms with E-state index in [0.29, 0.717) is 11.7 Å². The lowest BCUT2D eigenvalue weighted by molar-refractivity contribution is 0.363. The second kappa shape index (κ2) is 9.72. The molecule has 142 valence electrons. The first-order chi connectivity index (χ1) is 13.7. The molecule has 28 heavy (non-hydrogen) atoms. The van der Waals surface area contributed by atoms with Crippen LogP contribution >= 0.6 is 12.2 Å². The Morgan fingerprint density at radius 2 is 1.71 bits per heavy atom. The van der Waals surface area contributed by atoms with Gasteiger partial charge >= 0.3 is 0 Å². The van der Waals surface area contributed by atoms with Crippen LogP contribution in [-0.2, 0) is 0 Å². The maximum atomic E-state index is 5.59. The normalized spacial score (nSPS) is 11.3. The van der Waals surface area contributed by atoms with Crippen molar-refractivity contribution in [2.24, 2.45) is 0 Å². The summed E-state index contributed by atoms with van der Waals surface area (Å²) in [7, 11) is 0. The van der Waals surface area contributed by atoms with Crippen molar-refractivity contribution in [3.05, 3.63) is 108 Å². The zero-order valence-electron chi connectivity index (χ0n) is 15.9. The van der Waals surface area contributed by atoms with Crippen LogP contribution in [-0.4, -0.2) is 11.7 Å². The van der Waals surface area contributed by atoms with Crippen LogP contribution in [0, 0.1) is 6.92 Å². The fourth-order valence-electron chi connectivity index (χ4n) is 2.88. The van der Waals surface area contributed by atoms with Gasteiger partial charge in [0, 0.05) is 11.8 Å². The summed E-state index contributed by atoms with van der Waals surface area (Å²) in [5.74, 6) is 0.769. The Bertz CT molecular complexity index is 923. The number of hydrogen-bond acceptors (Lipinski definition) is 2. The minimum Gasteiger partial charge on any atom is -0.489 e. The third-order valence-electron chi connectivity index (χ3n) is 4.28. The molecule has 0 aliphatic rings. The molecule has 0 bridgehead atoms. The average molecular weight is 389 g/mol. The quantitative estimate of drug-likeness (QED) is 0.406. The zero-order chi connectivity index (χ0) is 19.8. The Hall–Kier alpha value is -3.11. The Morgan fingerprint density at radius 1 is 1.00 bits per heavy atom. The molecule has 0 amide bonds. The number of aryl methyl sites for hydroxylation is 1. The first kappa shape index (κ1) is 19.6. The number of ether oxygens (including phenoxy) is 1. The van der Waals surface area contributed by atoms with Gasteiger partial charge in [-0.25, -0.2) is 0 Å². The van der Waals surface area contributed by atoms with E-state index in [1.165, 1.54) is 5.56 Å². The lowest BCUT2D eigenvalue weighted by atomic mass is 9.98. The molecule has 3 rings (SSSR count). The summed E-state index contributed by atoms with van der Waals surface area (Å²) in [5.41, 5.74) is 4.41. The molecule has 0 aliphatic carbocycles. The van der Waals surface area contributed by atoms with Gasteiger partial charge in [-0.3, -0.25) is 0 Å². The summed E-state index contributed by atoms with van der Waals surface area (Å²) < 4.78 is 5.59. The predicted molar refractivity (Wildman–Crippen MR) is 121 cm³/mol. The highest BCUT2D eigenvalue weighted by molar-refractivity contribution is 7.80. The van der Waals surface area contributed by atoms with E-state index in [1.54, 1.807) is 6.08 Å². The molecule has 3 aromatic rings. The van der Waals surface area contributed by atoms with Gasteiger partial charge in [-0.2, -0.15) is 0 Å². The van der Waals surface area contributed by atoms with Crippen molar-refractivity contribution in [3.63, 3.8) is 0 Å². The summed E-state index contributed by atoms with van der Waals surface area (Å²) >= 11 is 5.59. The number of benzene rings is 3. The molecule has 0 heterocycles. The van der Waals surface area contributed by atoms with Crippen LogP contribution in [0.2, 0.25) is 0 Å². The summed E-state index contributed by atoms with van der Waals surface area (Å²) in [5, 5.41) is 7.25. The van der Waals surface area contributed by atoms with Gasteiger partial charge < -0.3 is 15.4 Å². The minimum absolute atomic E-state index is 0.0398. The fraction of sp³-hybridized carbons (Fsp3) is 0.125. The van der Waals surface area contributed by atoms with E-state index >= 15 is 0 Å². The van der Waals surface area contributed by atoms with Crippen LogP contribution in [0.25, 0.3) is 0 Å². The Kier molecular flexibility index (Phi) is 6.82. The van der Waals surface area contributed by atoms with Crippen molar-refractivity contribution in [3.8, 4) is 5.75 Å². The molecule has 0 spiro atoms. The van der Waals surface area contributed by atoms with Crippen LogP contribution in [0.1, 0.15) is 22.7 Å². The SMILES string of the molecule is C=CCOc1cccc(NC(=S)N[C@@H](c2ccccc2)c2ccc(C)cc2)c1. The zero-order valence-corrected chi connectivity index (χ0v) is 16.7. The van der Waals surface area contributed by atoms with Crippen molar-refractivity contribution in [1.82, 2.24) is 5.32 Å². The van der Waals surface area contributed by atoms with Gasteiger partial charge in [-0.1, -0.05) is 78.9 Å². The third-order valence-corrected chi connectivity index (χ3v) is 4.50. The lowest BCUT2D eigenvalue weighted by Gasteiger charge is -2.22. The van der Waals surface area contributed by atoms with E-state index in [1.807, 2.05) is 42.5 Å². The van der Waals surface area contributed by atoms with Crippen molar-refractivity contribution in [2.45, 2.75) is 13.0 Å². The van der Waals surface area contributed by atoms with E-state index in [2.05, 4.69) is 60.5 Å². The van der Waals surface area contributed by atoms with E-state index in [9.17, 15) is 0 Å². The maximum Gasteiger partial charge on any atom is 0.171 e. The first-order valence-corrected chi connectivity index (χ1v) is 9.59. The molecular formula is C24H24N2OS. The smallest absolute Gasteiger partial charge is 0.171 e. The summed E-state index contributed by atoms with van der Waals surface area (Å²) in [6.07, 6.45) is 1.72. The monoisotopic (exact) mass is 388 g/mol. The summed E-state index contributed by atoms with van der Waals surface area (Å²) in [4.78, 5) is 0. The van der Waals surface area contributed by atoms with E-state index < -0.39 is 0 Å². The summed E-state index contributed by atoms with van der Waals surface area (Å²) in [6.45, 7) is 6.22. The van der Waals surface area contributed by atoms with Gasteiger partial charge in [0.05, 0.1) is 6.04 Å². The predicted octanol–water partition coefficient (Wildman–Crippen LogP) is 5.64. The molecule has 0 saturated carbocycles. The Balaban J connectivity index is 1.76. The summed E-state index contributed by atoms with van der Waals surface area (Å²) in [6, 6.07) is 26.5. The molecule has 0 fully saturated rings. The van der Waals surface area contributed by atoms with Crippen LogP contribution in [0.3, 0.4) is 0 Å². The molecule has 2 N–H and O–H groups in total. The van der Waals surface area contributed by atoms with E-state index in [4.69, 9.17) is 17.0 Å². The minimum atomic E-state index is -0.0398. The van der Waals surface area contributed by atoms with Gasteiger partial charge in [0.25, 0.3) is 0 Å².